The Kier molecular flexibility index (Phi) is 8.26. The molecule has 10 heteroatoms. The summed E-state index contributed by atoms with van der Waals surface area (Å²) in [6.45, 7) is 3.32. The summed E-state index contributed by atoms with van der Waals surface area (Å²) in [5, 5.41) is 12.2. The maximum Gasteiger partial charge on any atom is 0.230 e. The molecule has 1 fully saturated rings. The number of aromatic nitrogens is 2. The summed E-state index contributed by atoms with van der Waals surface area (Å²) in [6, 6.07) is 8.87. The van der Waals surface area contributed by atoms with Gasteiger partial charge in [0.1, 0.15) is 10.7 Å². The molecule has 0 spiro atoms. The lowest BCUT2D eigenvalue weighted by Crippen LogP contribution is -2.47. The van der Waals surface area contributed by atoms with Gasteiger partial charge < -0.3 is 10.1 Å². The second-order valence-electron chi connectivity index (χ2n) is 6.48. The number of benzene rings is 1. The summed E-state index contributed by atoms with van der Waals surface area (Å²) >= 11 is 13.3. The zero-order valence-electron chi connectivity index (χ0n) is 15.5. The Morgan fingerprint density at radius 3 is 2.86 bits per heavy atom. The number of amides is 1. The average Bonchev–Trinajstić information content (AvgIpc) is 2.74. The molecule has 0 bridgehead atoms. The molecule has 1 atom stereocenters. The summed E-state index contributed by atoms with van der Waals surface area (Å²) in [4.78, 5) is 24.9. The Morgan fingerprint density at radius 2 is 2.14 bits per heavy atom. The normalized spacial score (nSPS) is 17.1. The van der Waals surface area contributed by atoms with E-state index in [1.165, 1.54) is 11.8 Å². The molecular formula is C19H20Cl2N4O3S. The number of carbonyl (C=O) groups is 2. The minimum atomic E-state index is -0.110. The molecular weight excluding hydrogens is 435 g/mol. The van der Waals surface area contributed by atoms with Crippen LogP contribution in [0.3, 0.4) is 0 Å². The summed E-state index contributed by atoms with van der Waals surface area (Å²) < 4.78 is 5.76. The first kappa shape index (κ1) is 22.0. The van der Waals surface area contributed by atoms with Crippen LogP contribution in [0.2, 0.25) is 10.0 Å². The highest BCUT2D eigenvalue weighted by Crippen LogP contribution is 2.23. The molecule has 1 amide bonds. The third kappa shape index (κ3) is 6.94. The molecule has 1 saturated heterocycles. The van der Waals surface area contributed by atoms with Gasteiger partial charge in [-0.3, -0.25) is 14.5 Å². The van der Waals surface area contributed by atoms with Crippen LogP contribution < -0.4 is 5.32 Å². The fraction of sp³-hybridized carbons (Fsp3) is 0.368. The van der Waals surface area contributed by atoms with Gasteiger partial charge in [-0.2, -0.15) is 0 Å². The molecule has 2 heterocycles. The van der Waals surface area contributed by atoms with Gasteiger partial charge in [0.2, 0.25) is 5.91 Å². The van der Waals surface area contributed by atoms with Gasteiger partial charge in [0.15, 0.2) is 6.29 Å². The van der Waals surface area contributed by atoms with E-state index in [1.807, 2.05) is 12.1 Å². The number of rotatable bonds is 8. The number of hydrogen-bond donors (Lipinski definition) is 1. The largest absolute Gasteiger partial charge is 0.374 e. The van der Waals surface area contributed by atoms with Crippen LogP contribution in [0.4, 0.5) is 0 Å². The molecule has 1 aliphatic heterocycles. The Morgan fingerprint density at radius 1 is 1.28 bits per heavy atom. The highest BCUT2D eigenvalue weighted by atomic mass is 35.5. The average molecular weight is 455 g/mol. The van der Waals surface area contributed by atoms with Crippen molar-refractivity contribution in [3.05, 3.63) is 51.6 Å². The highest BCUT2D eigenvalue weighted by Gasteiger charge is 2.21. The third-order valence-corrected chi connectivity index (χ3v) is 5.93. The van der Waals surface area contributed by atoms with Gasteiger partial charge in [0, 0.05) is 26.2 Å². The van der Waals surface area contributed by atoms with E-state index in [1.54, 1.807) is 18.2 Å². The number of hydrogen-bond acceptors (Lipinski definition) is 7. The minimum Gasteiger partial charge on any atom is -0.374 e. The van der Waals surface area contributed by atoms with Crippen molar-refractivity contribution < 1.29 is 14.3 Å². The van der Waals surface area contributed by atoms with Gasteiger partial charge in [-0.05, 0) is 29.8 Å². The van der Waals surface area contributed by atoms with Crippen molar-refractivity contribution in [1.82, 2.24) is 20.4 Å². The van der Waals surface area contributed by atoms with E-state index in [-0.39, 0.29) is 23.5 Å². The van der Waals surface area contributed by atoms with Crippen LogP contribution >= 0.6 is 35.0 Å². The van der Waals surface area contributed by atoms with Gasteiger partial charge >= 0.3 is 0 Å². The number of ether oxygens (including phenoxy) is 1. The maximum atomic E-state index is 12.1. The highest BCUT2D eigenvalue weighted by molar-refractivity contribution is 7.99. The number of carbonyl (C=O) groups excluding carboxylic acids is 2. The molecule has 1 N–H and O–H groups in total. The van der Waals surface area contributed by atoms with Crippen LogP contribution in [0, 0.1) is 0 Å². The van der Waals surface area contributed by atoms with Crippen molar-refractivity contribution in [2.45, 2.75) is 17.7 Å². The smallest absolute Gasteiger partial charge is 0.230 e. The van der Waals surface area contributed by atoms with Gasteiger partial charge in [0.05, 0.1) is 28.5 Å². The maximum absolute atomic E-state index is 12.1. The first-order chi connectivity index (χ1) is 14.0. The molecule has 2 aromatic rings. The first-order valence-electron chi connectivity index (χ1n) is 9.00. The van der Waals surface area contributed by atoms with Crippen LogP contribution in [-0.4, -0.2) is 65.4 Å². The lowest BCUT2D eigenvalue weighted by molar-refractivity contribution is -0.119. The van der Waals surface area contributed by atoms with Crippen molar-refractivity contribution in [1.29, 1.82) is 0 Å². The van der Waals surface area contributed by atoms with E-state index in [0.717, 1.165) is 18.7 Å². The fourth-order valence-electron chi connectivity index (χ4n) is 2.83. The van der Waals surface area contributed by atoms with Gasteiger partial charge in [-0.25, -0.2) is 0 Å². The van der Waals surface area contributed by atoms with Crippen molar-refractivity contribution in [3.63, 3.8) is 0 Å². The Hall–Kier alpha value is -1.71. The second kappa shape index (κ2) is 10.9. The Balaban J connectivity index is 1.40. The van der Waals surface area contributed by atoms with E-state index >= 15 is 0 Å². The van der Waals surface area contributed by atoms with Crippen molar-refractivity contribution in [2.75, 3.05) is 32.0 Å². The Bertz CT molecular complexity index is 854. The first-order valence-corrected chi connectivity index (χ1v) is 10.7. The predicted molar refractivity (Wildman–Crippen MR) is 113 cm³/mol. The molecule has 1 aromatic carbocycles. The standard InChI is InChI=1S/C19H20Cl2N4O3S/c20-16-3-1-13(7-17(16)21)9-25-5-6-28-15(10-25)8-22-18(27)12-29-19-4-2-14(11-26)23-24-19/h1-4,7,11,15H,5-6,8-10,12H2,(H,22,27). The third-order valence-electron chi connectivity index (χ3n) is 4.27. The molecule has 0 saturated carbocycles. The number of thioether (sulfide) groups is 1. The molecule has 0 aliphatic carbocycles. The van der Waals surface area contributed by atoms with Crippen LogP contribution in [-0.2, 0) is 16.1 Å². The van der Waals surface area contributed by atoms with E-state index in [4.69, 9.17) is 27.9 Å². The summed E-state index contributed by atoms with van der Waals surface area (Å²) in [7, 11) is 0. The van der Waals surface area contributed by atoms with Gasteiger partial charge in [0.25, 0.3) is 0 Å². The number of nitrogens with one attached hydrogen (secondary N) is 1. The SMILES string of the molecule is O=Cc1ccc(SCC(=O)NCC2CN(Cc3ccc(Cl)c(Cl)c3)CCO2)nn1. The number of nitrogens with zero attached hydrogens (tertiary/aromatic N) is 3. The van der Waals surface area contributed by atoms with E-state index < -0.39 is 0 Å². The minimum absolute atomic E-state index is 0.0767. The number of halogens is 2. The monoisotopic (exact) mass is 454 g/mol. The van der Waals surface area contributed by atoms with Crippen molar-refractivity contribution in [2.24, 2.45) is 0 Å². The van der Waals surface area contributed by atoms with E-state index in [2.05, 4.69) is 20.4 Å². The zero-order valence-corrected chi connectivity index (χ0v) is 17.8. The lowest BCUT2D eigenvalue weighted by Gasteiger charge is -2.33. The molecule has 1 aliphatic rings. The zero-order chi connectivity index (χ0) is 20.6. The van der Waals surface area contributed by atoms with Crippen LogP contribution in [0.25, 0.3) is 0 Å². The molecule has 1 unspecified atom stereocenters. The summed E-state index contributed by atoms with van der Waals surface area (Å²) in [6.07, 6.45) is 0.551. The van der Waals surface area contributed by atoms with Crippen molar-refractivity contribution in [3.8, 4) is 0 Å². The number of morpholine rings is 1. The molecule has 154 valence electrons. The second-order valence-corrected chi connectivity index (χ2v) is 8.29. The van der Waals surface area contributed by atoms with Crippen LogP contribution in [0.15, 0.2) is 35.4 Å². The predicted octanol–water partition coefficient (Wildman–Crippen LogP) is 2.71. The van der Waals surface area contributed by atoms with Crippen LogP contribution in [0.1, 0.15) is 16.1 Å². The van der Waals surface area contributed by atoms with Gasteiger partial charge in [-0.15, -0.1) is 10.2 Å². The fourth-order valence-corrected chi connectivity index (χ4v) is 3.80. The van der Waals surface area contributed by atoms with E-state index in [9.17, 15) is 9.59 Å². The quantitative estimate of drug-likeness (QED) is 0.484. The van der Waals surface area contributed by atoms with Gasteiger partial charge in [-0.1, -0.05) is 41.0 Å². The van der Waals surface area contributed by atoms with E-state index in [0.29, 0.717) is 41.1 Å². The Labute approximate surface area is 183 Å². The molecule has 0 radical (unpaired) electrons. The molecule has 29 heavy (non-hydrogen) atoms. The topological polar surface area (TPSA) is 84.4 Å². The van der Waals surface area contributed by atoms with Crippen molar-refractivity contribution >= 4 is 47.2 Å². The lowest BCUT2D eigenvalue weighted by atomic mass is 10.2. The number of aldehydes is 1. The summed E-state index contributed by atoms with van der Waals surface area (Å²) in [5.41, 5.74) is 1.35. The summed E-state index contributed by atoms with van der Waals surface area (Å²) in [5.74, 6) is 0.107. The molecule has 3 rings (SSSR count). The molecule has 1 aromatic heterocycles. The molecule has 7 nitrogen and oxygen atoms in total. The van der Waals surface area contributed by atoms with Crippen LogP contribution in [0.5, 0.6) is 0 Å².